The van der Waals surface area contributed by atoms with E-state index in [1.165, 1.54) is 18.4 Å². The third-order valence-corrected chi connectivity index (χ3v) is 2.23. The zero-order valence-electron chi connectivity index (χ0n) is 6.64. The van der Waals surface area contributed by atoms with E-state index in [4.69, 9.17) is 0 Å². The summed E-state index contributed by atoms with van der Waals surface area (Å²) in [5.74, 6) is 0.512. The second-order valence-corrected chi connectivity index (χ2v) is 3.42. The van der Waals surface area contributed by atoms with Gasteiger partial charge in [0, 0.05) is 0 Å². The van der Waals surface area contributed by atoms with Crippen molar-refractivity contribution in [1.82, 2.24) is 0 Å². The molecular weight excluding hydrogens is 124 g/mol. The van der Waals surface area contributed by atoms with E-state index < -0.39 is 0 Å². The average molecular weight is 140 g/mol. The molecule has 1 N–H and O–H groups in total. The van der Waals surface area contributed by atoms with Gasteiger partial charge in [0.1, 0.15) is 0 Å². The Morgan fingerprint density at radius 1 is 1.60 bits per heavy atom. The van der Waals surface area contributed by atoms with Crippen LogP contribution in [0, 0.1) is 5.92 Å². The van der Waals surface area contributed by atoms with Crippen molar-refractivity contribution in [2.45, 2.75) is 38.7 Å². The lowest BCUT2D eigenvalue weighted by atomic mass is 9.98. The molecule has 1 nitrogen and oxygen atoms in total. The predicted molar refractivity (Wildman–Crippen MR) is 42.8 cm³/mol. The molecule has 1 fully saturated rings. The topological polar surface area (TPSA) is 20.2 Å². The maximum atomic E-state index is 9.40. The summed E-state index contributed by atoms with van der Waals surface area (Å²) >= 11 is 0. The molecule has 2 atom stereocenters. The van der Waals surface area contributed by atoms with Crippen LogP contribution in [-0.4, -0.2) is 11.2 Å². The summed E-state index contributed by atoms with van der Waals surface area (Å²) in [4.78, 5) is 0. The van der Waals surface area contributed by atoms with Gasteiger partial charge in [0.2, 0.25) is 0 Å². The third kappa shape index (κ3) is 1.84. The minimum Gasteiger partial charge on any atom is -0.393 e. The van der Waals surface area contributed by atoms with Crippen LogP contribution in [0.5, 0.6) is 0 Å². The van der Waals surface area contributed by atoms with Crippen molar-refractivity contribution in [3.05, 3.63) is 12.2 Å². The molecule has 2 unspecified atom stereocenters. The Morgan fingerprint density at radius 2 is 2.30 bits per heavy atom. The van der Waals surface area contributed by atoms with E-state index in [1.807, 2.05) is 6.92 Å². The fourth-order valence-electron chi connectivity index (χ4n) is 1.70. The molecule has 0 saturated heterocycles. The first kappa shape index (κ1) is 7.80. The Labute approximate surface area is 62.8 Å². The molecule has 0 aromatic carbocycles. The van der Waals surface area contributed by atoms with Crippen molar-refractivity contribution in [2.75, 3.05) is 0 Å². The predicted octanol–water partition coefficient (Wildman–Crippen LogP) is 2.11. The number of hydrogen-bond acceptors (Lipinski definition) is 1. The zero-order chi connectivity index (χ0) is 7.56. The van der Waals surface area contributed by atoms with E-state index in [9.17, 15) is 5.11 Å². The van der Waals surface area contributed by atoms with Gasteiger partial charge in [-0.25, -0.2) is 0 Å². The lowest BCUT2D eigenvalue weighted by Crippen LogP contribution is -2.12. The van der Waals surface area contributed by atoms with E-state index in [0.29, 0.717) is 5.92 Å². The molecule has 0 bridgehead atoms. The lowest BCUT2D eigenvalue weighted by molar-refractivity contribution is 0.133. The lowest BCUT2D eigenvalue weighted by Gasteiger charge is -2.13. The van der Waals surface area contributed by atoms with Gasteiger partial charge in [-0.15, -0.1) is 6.58 Å². The Hall–Kier alpha value is -0.300. The fraction of sp³-hybridized carbons (Fsp3) is 0.778. The molecule has 0 radical (unpaired) electrons. The van der Waals surface area contributed by atoms with Gasteiger partial charge in [-0.3, -0.25) is 0 Å². The Kier molecular flexibility index (Phi) is 2.50. The highest BCUT2D eigenvalue weighted by Gasteiger charge is 2.24. The van der Waals surface area contributed by atoms with E-state index >= 15 is 0 Å². The summed E-state index contributed by atoms with van der Waals surface area (Å²) in [5.41, 5.74) is 1.20. The first-order chi connectivity index (χ1) is 4.70. The average Bonchev–Trinajstić information content (AvgIpc) is 2.15. The molecule has 58 valence electrons. The quantitative estimate of drug-likeness (QED) is 0.582. The summed E-state index contributed by atoms with van der Waals surface area (Å²) in [5, 5.41) is 9.40. The molecule has 0 amide bonds. The molecule has 1 saturated carbocycles. The van der Waals surface area contributed by atoms with E-state index in [2.05, 4.69) is 6.58 Å². The molecule has 0 aromatic heterocycles. The van der Waals surface area contributed by atoms with Crippen LogP contribution in [0.25, 0.3) is 0 Å². The molecule has 1 aliphatic rings. The van der Waals surface area contributed by atoms with Crippen LogP contribution in [0.2, 0.25) is 0 Å². The summed E-state index contributed by atoms with van der Waals surface area (Å²) in [6, 6.07) is 0. The highest BCUT2D eigenvalue weighted by molar-refractivity contribution is 4.93. The van der Waals surface area contributed by atoms with Crippen molar-refractivity contribution in [3.63, 3.8) is 0 Å². The SMILES string of the molecule is C=C(C)CC1CCCC1O. The third-order valence-electron chi connectivity index (χ3n) is 2.23. The minimum absolute atomic E-state index is 0.0447. The monoisotopic (exact) mass is 140 g/mol. The Balaban J connectivity index is 2.33. The van der Waals surface area contributed by atoms with Crippen molar-refractivity contribution < 1.29 is 5.11 Å². The van der Waals surface area contributed by atoms with Gasteiger partial charge < -0.3 is 5.11 Å². The molecule has 1 rings (SSSR count). The van der Waals surface area contributed by atoms with Crippen LogP contribution in [0.3, 0.4) is 0 Å². The second kappa shape index (κ2) is 3.20. The Bertz CT molecular complexity index is 129. The first-order valence-corrected chi connectivity index (χ1v) is 4.02. The molecule has 1 aliphatic carbocycles. The number of aliphatic hydroxyl groups is 1. The molecule has 0 spiro atoms. The highest BCUT2D eigenvalue weighted by atomic mass is 16.3. The van der Waals surface area contributed by atoms with Crippen molar-refractivity contribution in [2.24, 2.45) is 5.92 Å². The van der Waals surface area contributed by atoms with Gasteiger partial charge in [0.25, 0.3) is 0 Å². The van der Waals surface area contributed by atoms with Gasteiger partial charge in [-0.1, -0.05) is 12.0 Å². The van der Waals surface area contributed by atoms with E-state index in [-0.39, 0.29) is 6.10 Å². The highest BCUT2D eigenvalue weighted by Crippen LogP contribution is 2.29. The standard InChI is InChI=1S/C9H16O/c1-7(2)6-8-4-3-5-9(8)10/h8-10H,1,3-6H2,2H3. The van der Waals surface area contributed by atoms with Gasteiger partial charge in [0.05, 0.1) is 6.10 Å². The fourth-order valence-corrected chi connectivity index (χ4v) is 1.70. The zero-order valence-corrected chi connectivity index (χ0v) is 6.64. The van der Waals surface area contributed by atoms with Gasteiger partial charge in [0.15, 0.2) is 0 Å². The Morgan fingerprint density at radius 3 is 2.70 bits per heavy atom. The van der Waals surface area contributed by atoms with Crippen molar-refractivity contribution in [1.29, 1.82) is 0 Å². The van der Waals surface area contributed by atoms with E-state index in [1.54, 1.807) is 0 Å². The molecule has 0 aliphatic heterocycles. The number of allylic oxidation sites excluding steroid dienone is 1. The van der Waals surface area contributed by atoms with Crippen LogP contribution in [-0.2, 0) is 0 Å². The van der Waals surface area contributed by atoms with Crippen LogP contribution in [0.4, 0.5) is 0 Å². The maximum absolute atomic E-state index is 9.40. The maximum Gasteiger partial charge on any atom is 0.0571 e. The van der Waals surface area contributed by atoms with Crippen LogP contribution < -0.4 is 0 Å². The second-order valence-electron chi connectivity index (χ2n) is 3.42. The van der Waals surface area contributed by atoms with Crippen molar-refractivity contribution in [3.8, 4) is 0 Å². The van der Waals surface area contributed by atoms with Gasteiger partial charge in [-0.05, 0) is 32.1 Å². The summed E-state index contributed by atoms with van der Waals surface area (Å²) < 4.78 is 0. The summed E-state index contributed by atoms with van der Waals surface area (Å²) in [7, 11) is 0. The normalized spacial score (nSPS) is 32.6. The number of rotatable bonds is 2. The first-order valence-electron chi connectivity index (χ1n) is 4.02. The molecule has 0 aromatic rings. The number of aliphatic hydroxyl groups excluding tert-OH is 1. The number of hydrogen-bond donors (Lipinski definition) is 1. The minimum atomic E-state index is -0.0447. The molecule has 1 heteroatoms. The van der Waals surface area contributed by atoms with Crippen LogP contribution in [0.1, 0.15) is 32.6 Å². The largest absolute Gasteiger partial charge is 0.393 e. The smallest absolute Gasteiger partial charge is 0.0571 e. The summed E-state index contributed by atoms with van der Waals surface area (Å²) in [6.07, 6.45) is 4.35. The molecule has 10 heavy (non-hydrogen) atoms. The van der Waals surface area contributed by atoms with Gasteiger partial charge in [-0.2, -0.15) is 0 Å². The summed E-state index contributed by atoms with van der Waals surface area (Å²) in [6.45, 7) is 5.87. The van der Waals surface area contributed by atoms with Crippen LogP contribution >= 0.6 is 0 Å². The van der Waals surface area contributed by atoms with Gasteiger partial charge >= 0.3 is 0 Å². The van der Waals surface area contributed by atoms with Crippen molar-refractivity contribution >= 4 is 0 Å². The molecule has 0 heterocycles. The van der Waals surface area contributed by atoms with Crippen LogP contribution in [0.15, 0.2) is 12.2 Å². The van der Waals surface area contributed by atoms with E-state index in [0.717, 1.165) is 12.8 Å². The molecular formula is C9H16O.